The van der Waals surface area contributed by atoms with Crippen LogP contribution in [-0.4, -0.2) is 42.5 Å². The summed E-state index contributed by atoms with van der Waals surface area (Å²) in [5, 5.41) is 10.5. The molecule has 0 aromatic heterocycles. The Morgan fingerprint density at radius 2 is 1.76 bits per heavy atom. The minimum Gasteiger partial charge on any atom is -0.507 e. The fraction of sp³-hybridized carbons (Fsp3) is 0.409. The van der Waals surface area contributed by atoms with Crippen LogP contribution < -0.4 is 15.2 Å². The van der Waals surface area contributed by atoms with Crippen molar-refractivity contribution in [1.29, 1.82) is 0 Å². The summed E-state index contributed by atoms with van der Waals surface area (Å²) < 4.78 is 16.1. The SMILES string of the molecule is COc1cc(O)c(CN(CCc2ccc(N)cc2)C(=O)OC(C)(C)C)c(OC)c1. The molecule has 0 unspecified atom stereocenters. The smallest absolute Gasteiger partial charge is 0.410 e. The number of hydrogen-bond donors (Lipinski definition) is 2. The normalized spacial score (nSPS) is 11.1. The maximum absolute atomic E-state index is 12.8. The molecule has 2 aromatic rings. The zero-order valence-electron chi connectivity index (χ0n) is 17.7. The van der Waals surface area contributed by atoms with E-state index in [1.54, 1.807) is 11.0 Å². The molecule has 0 fully saturated rings. The summed E-state index contributed by atoms with van der Waals surface area (Å²) in [6.07, 6.45) is 0.142. The molecule has 158 valence electrons. The largest absolute Gasteiger partial charge is 0.507 e. The number of ether oxygens (including phenoxy) is 3. The molecule has 0 heterocycles. The van der Waals surface area contributed by atoms with Crippen LogP contribution in [0.2, 0.25) is 0 Å². The molecule has 0 spiro atoms. The van der Waals surface area contributed by atoms with Crippen molar-refractivity contribution in [1.82, 2.24) is 4.90 Å². The lowest BCUT2D eigenvalue weighted by atomic mass is 10.1. The van der Waals surface area contributed by atoms with Crippen molar-refractivity contribution in [3.63, 3.8) is 0 Å². The highest BCUT2D eigenvalue weighted by Crippen LogP contribution is 2.34. The topological polar surface area (TPSA) is 94.2 Å². The van der Waals surface area contributed by atoms with Gasteiger partial charge in [0.1, 0.15) is 22.8 Å². The fourth-order valence-corrected chi connectivity index (χ4v) is 2.77. The van der Waals surface area contributed by atoms with Crippen molar-refractivity contribution in [2.45, 2.75) is 39.3 Å². The Bertz CT molecular complexity index is 828. The summed E-state index contributed by atoms with van der Waals surface area (Å²) in [5.74, 6) is 0.888. The van der Waals surface area contributed by atoms with Gasteiger partial charge in [-0.1, -0.05) is 12.1 Å². The predicted octanol–water partition coefficient (Wildman–Crippen LogP) is 3.97. The Morgan fingerprint density at radius 3 is 2.31 bits per heavy atom. The molecule has 0 radical (unpaired) electrons. The summed E-state index contributed by atoms with van der Waals surface area (Å²) >= 11 is 0. The summed E-state index contributed by atoms with van der Waals surface area (Å²) in [6.45, 7) is 5.97. The molecule has 2 aromatic carbocycles. The van der Waals surface area contributed by atoms with E-state index in [9.17, 15) is 9.90 Å². The second-order valence-corrected chi connectivity index (χ2v) is 7.72. The van der Waals surface area contributed by atoms with Crippen molar-refractivity contribution in [3.05, 3.63) is 47.5 Å². The quantitative estimate of drug-likeness (QED) is 0.681. The van der Waals surface area contributed by atoms with Gasteiger partial charge in [0.15, 0.2) is 0 Å². The van der Waals surface area contributed by atoms with E-state index < -0.39 is 11.7 Å². The van der Waals surface area contributed by atoms with Crippen LogP contribution in [0.25, 0.3) is 0 Å². The number of benzene rings is 2. The third kappa shape index (κ3) is 6.48. The van der Waals surface area contributed by atoms with Crippen molar-refractivity contribution in [2.24, 2.45) is 0 Å². The van der Waals surface area contributed by atoms with E-state index in [1.165, 1.54) is 20.3 Å². The van der Waals surface area contributed by atoms with E-state index in [1.807, 2.05) is 45.0 Å². The van der Waals surface area contributed by atoms with Gasteiger partial charge in [0, 0.05) is 24.4 Å². The van der Waals surface area contributed by atoms with Gasteiger partial charge < -0.3 is 30.0 Å². The van der Waals surface area contributed by atoms with E-state index in [-0.39, 0.29) is 12.3 Å². The number of nitrogens with two attached hydrogens (primary N) is 1. The van der Waals surface area contributed by atoms with Crippen molar-refractivity contribution >= 4 is 11.8 Å². The number of rotatable bonds is 7. The van der Waals surface area contributed by atoms with Gasteiger partial charge in [-0.25, -0.2) is 4.79 Å². The molecule has 0 atom stereocenters. The first-order chi connectivity index (χ1) is 13.6. The van der Waals surface area contributed by atoms with E-state index in [0.717, 1.165) is 5.56 Å². The van der Waals surface area contributed by atoms with Crippen LogP contribution in [-0.2, 0) is 17.7 Å². The van der Waals surface area contributed by atoms with Crippen LogP contribution in [0.5, 0.6) is 17.2 Å². The summed E-state index contributed by atoms with van der Waals surface area (Å²) in [6, 6.07) is 10.7. The monoisotopic (exact) mass is 402 g/mol. The van der Waals surface area contributed by atoms with Gasteiger partial charge in [0.2, 0.25) is 0 Å². The molecule has 7 heteroatoms. The maximum Gasteiger partial charge on any atom is 0.410 e. The highest BCUT2D eigenvalue weighted by Gasteiger charge is 2.24. The molecule has 1 amide bonds. The first kappa shape index (κ1) is 22.2. The van der Waals surface area contributed by atoms with Crippen molar-refractivity contribution in [3.8, 4) is 17.2 Å². The van der Waals surface area contributed by atoms with E-state index in [2.05, 4.69) is 0 Å². The third-order valence-electron chi connectivity index (χ3n) is 4.27. The minimum absolute atomic E-state index is 0.0118. The van der Waals surface area contributed by atoms with E-state index in [4.69, 9.17) is 19.9 Å². The lowest BCUT2D eigenvalue weighted by molar-refractivity contribution is 0.0234. The molecule has 0 saturated heterocycles. The van der Waals surface area contributed by atoms with Crippen LogP contribution in [0.4, 0.5) is 10.5 Å². The number of carbonyl (C=O) groups is 1. The lowest BCUT2D eigenvalue weighted by Gasteiger charge is -2.28. The van der Waals surface area contributed by atoms with Gasteiger partial charge in [0.05, 0.1) is 26.3 Å². The summed E-state index contributed by atoms with van der Waals surface area (Å²) in [7, 11) is 3.01. The molecule has 0 aliphatic carbocycles. The van der Waals surface area contributed by atoms with Crippen LogP contribution >= 0.6 is 0 Å². The van der Waals surface area contributed by atoms with Gasteiger partial charge in [0.25, 0.3) is 0 Å². The number of phenolic OH excluding ortho intramolecular Hbond substituents is 1. The number of anilines is 1. The van der Waals surface area contributed by atoms with Crippen molar-refractivity contribution in [2.75, 3.05) is 26.5 Å². The van der Waals surface area contributed by atoms with Gasteiger partial charge in [-0.3, -0.25) is 0 Å². The highest BCUT2D eigenvalue weighted by molar-refractivity contribution is 5.68. The zero-order chi connectivity index (χ0) is 21.6. The molecular weight excluding hydrogens is 372 g/mol. The number of nitrogen functional groups attached to an aromatic ring is 1. The maximum atomic E-state index is 12.8. The number of phenols is 1. The lowest BCUT2D eigenvalue weighted by Crippen LogP contribution is -2.37. The molecule has 0 saturated carbocycles. The Morgan fingerprint density at radius 1 is 1.10 bits per heavy atom. The second-order valence-electron chi connectivity index (χ2n) is 7.72. The van der Waals surface area contributed by atoms with Gasteiger partial charge in [-0.05, 0) is 44.9 Å². The average Bonchev–Trinajstić information content (AvgIpc) is 2.65. The van der Waals surface area contributed by atoms with Gasteiger partial charge >= 0.3 is 6.09 Å². The zero-order valence-corrected chi connectivity index (χ0v) is 17.7. The third-order valence-corrected chi connectivity index (χ3v) is 4.27. The highest BCUT2D eigenvalue weighted by atomic mass is 16.6. The Hall–Kier alpha value is -3.09. The standard InChI is InChI=1S/C22H30N2O5/c1-22(2,3)29-21(26)24(11-10-15-6-8-16(23)9-7-15)14-18-19(25)12-17(27-4)13-20(18)28-5/h6-9,12-13,25H,10-11,14,23H2,1-5H3. The minimum atomic E-state index is -0.636. The number of carbonyl (C=O) groups excluding carboxylic acids is 1. The number of aromatic hydroxyl groups is 1. The summed E-state index contributed by atoms with van der Waals surface area (Å²) in [5.41, 5.74) is 7.31. The molecule has 3 N–H and O–H groups in total. The number of methoxy groups -OCH3 is 2. The van der Waals surface area contributed by atoms with E-state index >= 15 is 0 Å². The van der Waals surface area contributed by atoms with E-state index in [0.29, 0.717) is 35.7 Å². The molecule has 7 nitrogen and oxygen atoms in total. The molecule has 0 bridgehead atoms. The molecule has 29 heavy (non-hydrogen) atoms. The van der Waals surface area contributed by atoms with Crippen LogP contribution in [0.1, 0.15) is 31.9 Å². The molecule has 0 aliphatic heterocycles. The average molecular weight is 402 g/mol. The first-order valence-corrected chi connectivity index (χ1v) is 9.39. The van der Waals surface area contributed by atoms with Crippen molar-refractivity contribution < 1.29 is 24.1 Å². The van der Waals surface area contributed by atoms with Gasteiger partial charge in [-0.15, -0.1) is 0 Å². The number of nitrogens with zero attached hydrogens (tertiary/aromatic N) is 1. The predicted molar refractivity (Wildman–Crippen MR) is 112 cm³/mol. The molecule has 0 aliphatic rings. The Balaban J connectivity index is 2.27. The number of hydrogen-bond acceptors (Lipinski definition) is 6. The first-order valence-electron chi connectivity index (χ1n) is 9.39. The molecular formula is C22H30N2O5. The van der Waals surface area contributed by atoms with Crippen LogP contribution in [0.3, 0.4) is 0 Å². The Labute approximate surface area is 172 Å². The summed E-state index contributed by atoms with van der Waals surface area (Å²) in [4.78, 5) is 14.4. The van der Waals surface area contributed by atoms with Gasteiger partial charge in [-0.2, -0.15) is 0 Å². The molecule has 2 rings (SSSR count). The van der Waals surface area contributed by atoms with Crippen LogP contribution in [0.15, 0.2) is 36.4 Å². The fourth-order valence-electron chi connectivity index (χ4n) is 2.77. The van der Waals surface area contributed by atoms with Crippen LogP contribution in [0, 0.1) is 0 Å². The Kier molecular flexibility index (Phi) is 7.20. The second kappa shape index (κ2) is 9.41. The number of amides is 1.